The van der Waals surface area contributed by atoms with Crippen LogP contribution in [-0.2, 0) is 14.8 Å². The van der Waals surface area contributed by atoms with E-state index in [9.17, 15) is 13.2 Å². The van der Waals surface area contributed by atoms with E-state index in [4.69, 9.17) is 21.6 Å². The smallest absolute Gasteiger partial charge is 0.244 e. The Morgan fingerprint density at radius 3 is 2.38 bits per heavy atom. The highest BCUT2D eigenvalue weighted by molar-refractivity contribution is 7.89. The molecule has 0 aliphatic rings. The number of halogens is 1. The standard InChI is InChI=1S/C20H22ClN3O4S/c1-3-28-18-9-7-17(8-10-18)24(14-4-13-22)20(25)15(2)23-29(26,27)19-11-5-16(21)6-12-19/h5-12,15,23H,3-4,14H2,1-2H3/t15-/m0/s1. The number of carbonyl (C=O) groups is 1. The van der Waals surface area contributed by atoms with Gasteiger partial charge in [-0.3, -0.25) is 4.79 Å². The van der Waals surface area contributed by atoms with Crippen molar-refractivity contribution in [2.45, 2.75) is 31.2 Å². The SMILES string of the molecule is CCOc1ccc(N(CCC#N)C(=O)[C@H](C)NS(=O)(=O)c2ccc(Cl)cc2)cc1. The van der Waals surface area contributed by atoms with E-state index in [-0.39, 0.29) is 17.9 Å². The maximum absolute atomic E-state index is 13.0. The fourth-order valence-corrected chi connectivity index (χ4v) is 3.94. The van der Waals surface area contributed by atoms with Gasteiger partial charge in [-0.25, -0.2) is 8.42 Å². The van der Waals surface area contributed by atoms with Gasteiger partial charge in [0.2, 0.25) is 15.9 Å². The Bertz CT molecular complexity index is 970. The molecule has 0 saturated heterocycles. The molecule has 1 atom stereocenters. The van der Waals surface area contributed by atoms with Gasteiger partial charge in [0.15, 0.2) is 0 Å². The monoisotopic (exact) mass is 435 g/mol. The van der Waals surface area contributed by atoms with Crippen LogP contribution in [0.4, 0.5) is 5.69 Å². The second-order valence-corrected chi connectivity index (χ2v) is 8.27. The van der Waals surface area contributed by atoms with Crippen molar-refractivity contribution in [2.75, 3.05) is 18.1 Å². The van der Waals surface area contributed by atoms with E-state index in [0.29, 0.717) is 23.1 Å². The summed E-state index contributed by atoms with van der Waals surface area (Å²) in [6.07, 6.45) is 0.107. The molecule has 29 heavy (non-hydrogen) atoms. The highest BCUT2D eigenvalue weighted by atomic mass is 35.5. The second kappa shape index (κ2) is 10.3. The molecule has 0 unspecified atom stereocenters. The van der Waals surface area contributed by atoms with Crippen molar-refractivity contribution in [2.24, 2.45) is 0 Å². The van der Waals surface area contributed by atoms with Crippen LogP contribution in [0.1, 0.15) is 20.3 Å². The molecular weight excluding hydrogens is 414 g/mol. The van der Waals surface area contributed by atoms with Gasteiger partial charge in [-0.05, 0) is 62.4 Å². The zero-order chi connectivity index (χ0) is 21.4. The molecule has 0 aliphatic carbocycles. The number of benzene rings is 2. The quantitative estimate of drug-likeness (QED) is 0.651. The Labute approximate surface area is 175 Å². The number of nitrogens with one attached hydrogen (secondary N) is 1. The summed E-state index contributed by atoms with van der Waals surface area (Å²) in [6.45, 7) is 3.98. The van der Waals surface area contributed by atoms with Crippen LogP contribution in [-0.4, -0.2) is 33.5 Å². The molecule has 9 heteroatoms. The molecule has 0 aromatic heterocycles. The summed E-state index contributed by atoms with van der Waals surface area (Å²) >= 11 is 5.80. The van der Waals surface area contributed by atoms with Gasteiger partial charge in [-0.2, -0.15) is 9.98 Å². The zero-order valence-corrected chi connectivity index (χ0v) is 17.7. The first-order valence-corrected chi connectivity index (χ1v) is 10.8. The van der Waals surface area contributed by atoms with Gasteiger partial charge in [0, 0.05) is 17.3 Å². The van der Waals surface area contributed by atoms with Crippen LogP contribution in [0.5, 0.6) is 5.75 Å². The molecule has 154 valence electrons. The van der Waals surface area contributed by atoms with Crippen molar-refractivity contribution >= 4 is 33.2 Å². The minimum Gasteiger partial charge on any atom is -0.494 e. The van der Waals surface area contributed by atoms with Gasteiger partial charge < -0.3 is 9.64 Å². The highest BCUT2D eigenvalue weighted by Gasteiger charge is 2.26. The van der Waals surface area contributed by atoms with E-state index < -0.39 is 22.0 Å². The third-order valence-corrected chi connectivity index (χ3v) is 5.81. The molecular formula is C20H22ClN3O4S. The summed E-state index contributed by atoms with van der Waals surface area (Å²) in [5.74, 6) is 0.183. The first-order valence-electron chi connectivity index (χ1n) is 8.97. The van der Waals surface area contributed by atoms with Crippen molar-refractivity contribution in [3.63, 3.8) is 0 Å². The fraction of sp³-hybridized carbons (Fsp3) is 0.300. The normalized spacial score (nSPS) is 12.1. The van der Waals surface area contributed by atoms with Gasteiger partial charge in [0.1, 0.15) is 5.75 Å². The van der Waals surface area contributed by atoms with Gasteiger partial charge >= 0.3 is 0 Å². The Hall–Kier alpha value is -2.60. The summed E-state index contributed by atoms with van der Waals surface area (Å²) in [5.41, 5.74) is 0.547. The van der Waals surface area contributed by atoms with Crippen LogP contribution in [0.15, 0.2) is 53.4 Å². The van der Waals surface area contributed by atoms with Crippen LogP contribution in [0.25, 0.3) is 0 Å². The summed E-state index contributed by atoms with van der Waals surface area (Å²) in [6, 6.07) is 13.4. The molecule has 0 fully saturated rings. The summed E-state index contributed by atoms with van der Waals surface area (Å²) in [7, 11) is -3.91. The summed E-state index contributed by atoms with van der Waals surface area (Å²) in [5, 5.41) is 9.33. The minimum atomic E-state index is -3.91. The van der Waals surface area contributed by atoms with Crippen molar-refractivity contribution in [1.29, 1.82) is 5.26 Å². The molecule has 2 aromatic rings. The molecule has 1 amide bonds. The number of nitriles is 1. The average molecular weight is 436 g/mol. The summed E-state index contributed by atoms with van der Waals surface area (Å²) < 4.78 is 32.9. The van der Waals surface area contributed by atoms with Crippen molar-refractivity contribution in [3.05, 3.63) is 53.6 Å². The minimum absolute atomic E-state index is 0.00573. The topological polar surface area (TPSA) is 99.5 Å². The maximum atomic E-state index is 13.0. The van der Waals surface area contributed by atoms with Gasteiger partial charge in [0.05, 0.1) is 30.0 Å². The van der Waals surface area contributed by atoms with Crippen LogP contribution < -0.4 is 14.4 Å². The van der Waals surface area contributed by atoms with E-state index in [1.165, 1.54) is 36.1 Å². The number of anilines is 1. The Balaban J connectivity index is 2.21. The molecule has 0 bridgehead atoms. The molecule has 1 N–H and O–H groups in total. The molecule has 2 rings (SSSR count). The third kappa shape index (κ3) is 6.19. The lowest BCUT2D eigenvalue weighted by Crippen LogP contribution is -2.47. The molecule has 0 radical (unpaired) electrons. The molecule has 0 aliphatic heterocycles. The van der Waals surface area contributed by atoms with Gasteiger partial charge in [-0.15, -0.1) is 0 Å². The van der Waals surface area contributed by atoms with Crippen molar-refractivity contribution < 1.29 is 17.9 Å². The maximum Gasteiger partial charge on any atom is 0.244 e. The van der Waals surface area contributed by atoms with E-state index in [1.807, 2.05) is 13.0 Å². The Kier molecular flexibility index (Phi) is 8.02. The molecule has 0 spiro atoms. The summed E-state index contributed by atoms with van der Waals surface area (Å²) in [4.78, 5) is 14.3. The van der Waals surface area contributed by atoms with E-state index in [2.05, 4.69) is 4.72 Å². The lowest BCUT2D eigenvalue weighted by molar-refractivity contribution is -0.119. The number of ether oxygens (including phenoxy) is 1. The van der Waals surface area contributed by atoms with Gasteiger partial charge in [-0.1, -0.05) is 11.6 Å². The number of carbonyl (C=O) groups excluding carboxylic acids is 1. The lowest BCUT2D eigenvalue weighted by Gasteiger charge is -2.25. The predicted octanol–water partition coefficient (Wildman–Crippen LogP) is 3.35. The molecule has 2 aromatic carbocycles. The van der Waals surface area contributed by atoms with Crippen LogP contribution in [0, 0.1) is 11.3 Å². The number of nitrogens with zero attached hydrogens (tertiary/aromatic N) is 2. The third-order valence-electron chi connectivity index (χ3n) is 4.00. The van der Waals surface area contributed by atoms with Crippen molar-refractivity contribution in [1.82, 2.24) is 4.72 Å². The molecule has 0 heterocycles. The van der Waals surface area contributed by atoms with E-state index in [1.54, 1.807) is 24.3 Å². The second-order valence-electron chi connectivity index (χ2n) is 6.12. The lowest BCUT2D eigenvalue weighted by atomic mass is 10.2. The number of sulfonamides is 1. The number of hydrogen-bond donors (Lipinski definition) is 1. The Morgan fingerprint density at radius 2 is 1.83 bits per heavy atom. The first-order chi connectivity index (χ1) is 13.8. The number of rotatable bonds is 9. The predicted molar refractivity (Wildman–Crippen MR) is 111 cm³/mol. The largest absolute Gasteiger partial charge is 0.494 e. The Morgan fingerprint density at radius 1 is 1.21 bits per heavy atom. The zero-order valence-electron chi connectivity index (χ0n) is 16.1. The molecule has 0 saturated carbocycles. The first kappa shape index (κ1) is 22.7. The highest BCUT2D eigenvalue weighted by Crippen LogP contribution is 2.21. The van der Waals surface area contributed by atoms with Gasteiger partial charge in [0.25, 0.3) is 0 Å². The van der Waals surface area contributed by atoms with E-state index in [0.717, 1.165) is 0 Å². The van der Waals surface area contributed by atoms with Crippen LogP contribution in [0.3, 0.4) is 0 Å². The average Bonchev–Trinajstić information content (AvgIpc) is 2.69. The van der Waals surface area contributed by atoms with Crippen LogP contribution >= 0.6 is 11.6 Å². The van der Waals surface area contributed by atoms with Crippen LogP contribution in [0.2, 0.25) is 5.02 Å². The molecule has 7 nitrogen and oxygen atoms in total. The fourth-order valence-electron chi connectivity index (χ4n) is 2.62. The van der Waals surface area contributed by atoms with E-state index >= 15 is 0 Å². The number of hydrogen-bond acceptors (Lipinski definition) is 5. The van der Waals surface area contributed by atoms with Crippen molar-refractivity contribution in [3.8, 4) is 11.8 Å². The number of amides is 1.